The minimum absolute atomic E-state index is 0.266. The summed E-state index contributed by atoms with van der Waals surface area (Å²) in [5.74, 6) is 0.372. The topological polar surface area (TPSA) is 88.5 Å². The largest absolute Gasteiger partial charge is 0.489 e. The van der Waals surface area contributed by atoms with Gasteiger partial charge in [0.25, 0.3) is 5.91 Å². The van der Waals surface area contributed by atoms with E-state index in [0.717, 1.165) is 22.9 Å². The Morgan fingerprint density at radius 1 is 1.21 bits per heavy atom. The number of ether oxygens (including phenoxy) is 1. The molecule has 0 atom stereocenters. The molecule has 5 nitrogen and oxygen atoms in total. The second-order valence-electron chi connectivity index (χ2n) is 4.99. The summed E-state index contributed by atoms with van der Waals surface area (Å²) in [7, 11) is 0. The Kier molecular flexibility index (Phi) is 4.64. The number of benzene rings is 2. The number of amides is 1. The van der Waals surface area contributed by atoms with Crippen molar-refractivity contribution < 1.29 is 9.53 Å². The summed E-state index contributed by atoms with van der Waals surface area (Å²) in [5.41, 5.74) is 7.83. The molecule has 1 amide bonds. The summed E-state index contributed by atoms with van der Waals surface area (Å²) >= 11 is 1.16. The number of hydrogen-bond donors (Lipinski definition) is 1. The summed E-state index contributed by atoms with van der Waals surface area (Å²) in [6, 6.07) is 16.8. The minimum Gasteiger partial charge on any atom is -0.489 e. The summed E-state index contributed by atoms with van der Waals surface area (Å²) in [6.45, 7) is 0.322. The molecule has 0 aromatic heterocycles. The SMILES string of the molecule is N#Cc1ccccc1COc1ccc(C=C2SC(N)=NC2=O)cc1. The van der Waals surface area contributed by atoms with Gasteiger partial charge >= 0.3 is 0 Å². The third-order valence-electron chi connectivity index (χ3n) is 3.35. The molecule has 0 radical (unpaired) electrons. The summed E-state index contributed by atoms with van der Waals surface area (Å²) < 4.78 is 5.71. The van der Waals surface area contributed by atoms with E-state index in [1.807, 2.05) is 42.5 Å². The number of amidine groups is 1. The van der Waals surface area contributed by atoms with E-state index in [2.05, 4.69) is 11.1 Å². The molecular formula is C18H13N3O2S. The van der Waals surface area contributed by atoms with Crippen LogP contribution in [0.4, 0.5) is 0 Å². The molecule has 0 unspecified atom stereocenters. The average molecular weight is 335 g/mol. The van der Waals surface area contributed by atoms with Crippen LogP contribution < -0.4 is 10.5 Å². The minimum atomic E-state index is -0.314. The van der Waals surface area contributed by atoms with Crippen molar-refractivity contribution >= 4 is 28.9 Å². The number of carbonyl (C=O) groups excluding carboxylic acids is 1. The summed E-state index contributed by atoms with van der Waals surface area (Å²) in [6.07, 6.45) is 1.74. The van der Waals surface area contributed by atoms with Gasteiger partial charge in [0.2, 0.25) is 0 Å². The normalized spacial score (nSPS) is 15.2. The Hall–Kier alpha value is -3.04. The number of nitrogens with two attached hydrogens (primary N) is 1. The lowest BCUT2D eigenvalue weighted by Crippen LogP contribution is -2.01. The van der Waals surface area contributed by atoms with Crippen molar-refractivity contribution in [2.45, 2.75) is 6.61 Å². The number of carbonyl (C=O) groups is 1. The molecule has 2 N–H and O–H groups in total. The first-order valence-corrected chi connectivity index (χ1v) is 7.96. The fourth-order valence-electron chi connectivity index (χ4n) is 2.15. The van der Waals surface area contributed by atoms with Crippen molar-refractivity contribution in [1.82, 2.24) is 0 Å². The Morgan fingerprint density at radius 2 is 1.96 bits per heavy atom. The van der Waals surface area contributed by atoms with Crippen LogP contribution in [-0.4, -0.2) is 11.1 Å². The van der Waals surface area contributed by atoms with Gasteiger partial charge in [0, 0.05) is 5.56 Å². The Morgan fingerprint density at radius 3 is 2.62 bits per heavy atom. The predicted octanol–water partition coefficient (Wildman–Crippen LogP) is 3.07. The summed E-state index contributed by atoms with van der Waals surface area (Å²) in [5, 5.41) is 9.33. The van der Waals surface area contributed by atoms with Crippen LogP contribution in [0.3, 0.4) is 0 Å². The van der Waals surface area contributed by atoms with Crippen molar-refractivity contribution in [3.05, 3.63) is 70.1 Å². The molecule has 1 aliphatic heterocycles. The van der Waals surface area contributed by atoms with Crippen LogP contribution >= 0.6 is 11.8 Å². The van der Waals surface area contributed by atoms with Gasteiger partial charge in [-0.1, -0.05) is 30.3 Å². The van der Waals surface area contributed by atoms with Gasteiger partial charge in [0.1, 0.15) is 12.4 Å². The molecule has 24 heavy (non-hydrogen) atoms. The van der Waals surface area contributed by atoms with Gasteiger partial charge in [-0.05, 0) is 41.6 Å². The lowest BCUT2D eigenvalue weighted by molar-refractivity contribution is -0.113. The second-order valence-corrected chi connectivity index (χ2v) is 6.05. The third-order valence-corrected chi connectivity index (χ3v) is 4.16. The molecular weight excluding hydrogens is 322 g/mol. The number of aliphatic imine (C=N–C) groups is 1. The number of rotatable bonds is 4. The first-order chi connectivity index (χ1) is 11.7. The highest BCUT2D eigenvalue weighted by Gasteiger charge is 2.19. The molecule has 0 saturated carbocycles. The van der Waals surface area contributed by atoms with Gasteiger partial charge < -0.3 is 10.5 Å². The molecule has 3 rings (SSSR count). The fourth-order valence-corrected chi connectivity index (χ4v) is 2.84. The zero-order valence-corrected chi connectivity index (χ0v) is 13.4. The van der Waals surface area contributed by atoms with Gasteiger partial charge in [0.15, 0.2) is 5.17 Å². The van der Waals surface area contributed by atoms with E-state index in [9.17, 15) is 4.79 Å². The third kappa shape index (κ3) is 3.65. The van der Waals surface area contributed by atoms with E-state index in [1.54, 1.807) is 12.1 Å². The van der Waals surface area contributed by atoms with E-state index in [0.29, 0.717) is 22.8 Å². The molecule has 2 aromatic rings. The van der Waals surface area contributed by atoms with Gasteiger partial charge in [-0.25, -0.2) is 0 Å². The Labute approximate surface area is 143 Å². The van der Waals surface area contributed by atoms with Crippen molar-refractivity contribution in [3.8, 4) is 11.8 Å². The van der Waals surface area contributed by atoms with Gasteiger partial charge in [-0.2, -0.15) is 10.3 Å². The molecule has 0 spiro atoms. The standard InChI is InChI=1S/C18H13N3O2S/c19-10-13-3-1-2-4-14(13)11-23-15-7-5-12(6-8-15)9-16-17(22)21-18(20)24-16/h1-9H,11H2,(H2,20,21,22). The molecule has 0 fully saturated rings. The van der Waals surface area contributed by atoms with Crippen LogP contribution in [0, 0.1) is 11.3 Å². The Balaban J connectivity index is 1.66. The maximum absolute atomic E-state index is 11.6. The van der Waals surface area contributed by atoms with Crippen LogP contribution in [0.5, 0.6) is 5.75 Å². The molecule has 0 bridgehead atoms. The summed E-state index contributed by atoms with van der Waals surface area (Å²) in [4.78, 5) is 15.7. The molecule has 118 valence electrons. The number of thioether (sulfide) groups is 1. The van der Waals surface area contributed by atoms with Gasteiger partial charge in [-0.3, -0.25) is 4.79 Å². The second kappa shape index (κ2) is 7.02. The zero-order chi connectivity index (χ0) is 16.9. The lowest BCUT2D eigenvalue weighted by atomic mass is 10.1. The van der Waals surface area contributed by atoms with Crippen molar-refractivity contribution in [2.75, 3.05) is 0 Å². The fraction of sp³-hybridized carbons (Fsp3) is 0.0556. The van der Waals surface area contributed by atoms with Crippen molar-refractivity contribution in [2.24, 2.45) is 10.7 Å². The quantitative estimate of drug-likeness (QED) is 0.868. The van der Waals surface area contributed by atoms with Gasteiger partial charge in [-0.15, -0.1) is 0 Å². The van der Waals surface area contributed by atoms with Crippen LogP contribution in [0.25, 0.3) is 6.08 Å². The monoisotopic (exact) mass is 335 g/mol. The first kappa shape index (κ1) is 15.8. The first-order valence-electron chi connectivity index (χ1n) is 7.14. The molecule has 1 heterocycles. The average Bonchev–Trinajstić information content (AvgIpc) is 2.91. The number of hydrogen-bond acceptors (Lipinski definition) is 5. The number of nitrogens with zero attached hydrogens (tertiary/aromatic N) is 2. The van der Waals surface area contributed by atoms with Crippen molar-refractivity contribution in [3.63, 3.8) is 0 Å². The maximum atomic E-state index is 11.6. The zero-order valence-electron chi connectivity index (χ0n) is 12.6. The van der Waals surface area contributed by atoms with Crippen molar-refractivity contribution in [1.29, 1.82) is 5.26 Å². The van der Waals surface area contributed by atoms with E-state index in [-0.39, 0.29) is 11.1 Å². The maximum Gasteiger partial charge on any atom is 0.286 e. The highest BCUT2D eigenvalue weighted by atomic mass is 32.2. The smallest absolute Gasteiger partial charge is 0.286 e. The Bertz CT molecular complexity index is 880. The van der Waals surface area contributed by atoms with Crippen LogP contribution in [0.1, 0.15) is 16.7 Å². The van der Waals surface area contributed by atoms with Gasteiger partial charge in [0.05, 0.1) is 16.5 Å². The highest BCUT2D eigenvalue weighted by molar-refractivity contribution is 8.18. The number of nitriles is 1. The lowest BCUT2D eigenvalue weighted by Gasteiger charge is -2.08. The van der Waals surface area contributed by atoms with E-state index in [1.165, 1.54) is 0 Å². The van der Waals surface area contributed by atoms with E-state index < -0.39 is 0 Å². The highest BCUT2D eigenvalue weighted by Crippen LogP contribution is 2.27. The van der Waals surface area contributed by atoms with Crippen LogP contribution in [0.2, 0.25) is 0 Å². The van der Waals surface area contributed by atoms with Crippen LogP contribution in [-0.2, 0) is 11.4 Å². The molecule has 0 saturated heterocycles. The molecule has 6 heteroatoms. The van der Waals surface area contributed by atoms with E-state index in [4.69, 9.17) is 15.7 Å². The predicted molar refractivity (Wildman–Crippen MR) is 94.1 cm³/mol. The molecule has 0 aliphatic carbocycles. The molecule has 2 aromatic carbocycles. The molecule has 1 aliphatic rings. The van der Waals surface area contributed by atoms with Crippen LogP contribution in [0.15, 0.2) is 58.4 Å². The van der Waals surface area contributed by atoms with E-state index >= 15 is 0 Å².